The van der Waals surface area contributed by atoms with E-state index < -0.39 is 41.3 Å². The van der Waals surface area contributed by atoms with Crippen molar-refractivity contribution in [1.82, 2.24) is 10.2 Å². The van der Waals surface area contributed by atoms with E-state index in [1.165, 1.54) is 0 Å². The van der Waals surface area contributed by atoms with Gasteiger partial charge < -0.3 is 16.0 Å². The van der Waals surface area contributed by atoms with Crippen molar-refractivity contribution in [2.45, 2.75) is 32.7 Å². The third-order valence-corrected chi connectivity index (χ3v) is 4.23. The molecule has 5 nitrogen and oxygen atoms in total. The summed E-state index contributed by atoms with van der Waals surface area (Å²) in [5.74, 6) is -5.78. The van der Waals surface area contributed by atoms with Crippen molar-refractivity contribution in [2.24, 2.45) is 16.6 Å². The van der Waals surface area contributed by atoms with Crippen molar-refractivity contribution in [3.63, 3.8) is 0 Å². The van der Waals surface area contributed by atoms with Gasteiger partial charge in [-0.3, -0.25) is 4.79 Å². The lowest BCUT2D eigenvalue weighted by Crippen LogP contribution is -2.47. The van der Waals surface area contributed by atoms with Crippen LogP contribution in [0.25, 0.3) is 0 Å². The van der Waals surface area contributed by atoms with Gasteiger partial charge in [0.15, 0.2) is 29.2 Å². The quantitative estimate of drug-likeness (QED) is 0.360. The Kier molecular flexibility index (Phi) is 6.82. The van der Waals surface area contributed by atoms with Crippen LogP contribution in [-0.4, -0.2) is 36.4 Å². The van der Waals surface area contributed by atoms with E-state index in [9.17, 15) is 22.4 Å². The number of aliphatic imine (C=N–C) groups is 1. The van der Waals surface area contributed by atoms with Crippen molar-refractivity contribution < 1.29 is 22.4 Å². The molecule has 0 bridgehead atoms. The SMILES string of the molecule is CCNC(=NCc1c(F)c(F)cc(F)c1F)N1CCCC(CC(N)=O)C1. The number of carbonyl (C=O) groups is 1. The molecule has 1 atom stereocenters. The highest BCUT2D eigenvalue weighted by molar-refractivity contribution is 5.80. The van der Waals surface area contributed by atoms with Crippen LogP contribution in [0.1, 0.15) is 31.7 Å². The molecule has 0 radical (unpaired) electrons. The number of nitrogens with zero attached hydrogens (tertiary/aromatic N) is 2. The standard InChI is InChI=1S/C17H22F4N4O/c1-2-23-17(25-5-3-4-10(9-25)6-14(22)26)24-8-11-15(20)12(18)7-13(19)16(11)21/h7,10H,2-6,8-9H2,1H3,(H2,22,26)(H,23,24). The van der Waals surface area contributed by atoms with E-state index in [4.69, 9.17) is 5.73 Å². The number of guanidine groups is 1. The number of amides is 1. The summed E-state index contributed by atoms with van der Waals surface area (Å²) in [6.07, 6.45) is 1.89. The van der Waals surface area contributed by atoms with E-state index in [0.717, 1.165) is 12.8 Å². The largest absolute Gasteiger partial charge is 0.370 e. The number of nitrogens with two attached hydrogens (primary N) is 1. The molecule has 1 aliphatic rings. The first-order chi connectivity index (χ1) is 12.3. The van der Waals surface area contributed by atoms with Crippen molar-refractivity contribution in [2.75, 3.05) is 19.6 Å². The Bertz CT molecular complexity index is 670. The lowest BCUT2D eigenvalue weighted by Gasteiger charge is -2.34. The highest BCUT2D eigenvalue weighted by Gasteiger charge is 2.24. The number of benzene rings is 1. The summed E-state index contributed by atoms with van der Waals surface area (Å²) in [5, 5.41) is 2.99. The molecule has 144 valence electrons. The molecule has 1 fully saturated rings. The van der Waals surface area contributed by atoms with Crippen LogP contribution < -0.4 is 11.1 Å². The predicted molar refractivity (Wildman–Crippen MR) is 89.2 cm³/mol. The summed E-state index contributed by atoms with van der Waals surface area (Å²) in [7, 11) is 0. The van der Waals surface area contributed by atoms with Crippen molar-refractivity contribution in [1.29, 1.82) is 0 Å². The van der Waals surface area contributed by atoms with Crippen molar-refractivity contribution >= 4 is 11.9 Å². The zero-order valence-corrected chi connectivity index (χ0v) is 14.5. The first-order valence-corrected chi connectivity index (χ1v) is 8.46. The third-order valence-electron chi connectivity index (χ3n) is 4.23. The zero-order chi connectivity index (χ0) is 19.3. The van der Waals surface area contributed by atoms with Gasteiger partial charge in [-0.15, -0.1) is 0 Å². The number of piperidine rings is 1. The molecule has 1 amide bonds. The van der Waals surface area contributed by atoms with Crippen LogP contribution in [0.5, 0.6) is 0 Å². The minimum atomic E-state index is -1.46. The number of primary amides is 1. The molecule has 0 aliphatic carbocycles. The minimum Gasteiger partial charge on any atom is -0.370 e. The maximum absolute atomic E-state index is 13.8. The highest BCUT2D eigenvalue weighted by Crippen LogP contribution is 2.22. The summed E-state index contributed by atoms with van der Waals surface area (Å²) in [6, 6.07) is 0.169. The van der Waals surface area contributed by atoms with E-state index in [0.29, 0.717) is 25.6 Å². The lowest BCUT2D eigenvalue weighted by molar-refractivity contribution is -0.119. The summed E-state index contributed by atoms with van der Waals surface area (Å²) >= 11 is 0. The molecule has 1 unspecified atom stereocenters. The van der Waals surface area contributed by atoms with Gasteiger partial charge in [-0.25, -0.2) is 22.6 Å². The number of nitrogens with one attached hydrogen (secondary N) is 1. The van der Waals surface area contributed by atoms with Crippen LogP contribution in [0.2, 0.25) is 0 Å². The Morgan fingerprint density at radius 3 is 2.54 bits per heavy atom. The van der Waals surface area contributed by atoms with Gasteiger partial charge in [0.05, 0.1) is 12.1 Å². The van der Waals surface area contributed by atoms with E-state index in [2.05, 4.69) is 10.3 Å². The molecule has 1 aromatic rings. The topological polar surface area (TPSA) is 70.7 Å². The van der Waals surface area contributed by atoms with Gasteiger partial charge in [0.2, 0.25) is 5.91 Å². The molecule has 1 heterocycles. The maximum Gasteiger partial charge on any atom is 0.217 e. The second-order valence-electron chi connectivity index (χ2n) is 6.24. The predicted octanol–water partition coefficient (Wildman–Crippen LogP) is 2.30. The molecule has 0 spiro atoms. The number of likely N-dealkylation sites (tertiary alicyclic amines) is 1. The Morgan fingerprint density at radius 1 is 1.31 bits per heavy atom. The molecule has 2 rings (SSSR count). The monoisotopic (exact) mass is 374 g/mol. The summed E-state index contributed by atoms with van der Waals surface area (Å²) in [6.45, 7) is 2.92. The average molecular weight is 374 g/mol. The summed E-state index contributed by atoms with van der Waals surface area (Å²) < 4.78 is 54.2. The average Bonchev–Trinajstić information content (AvgIpc) is 2.58. The van der Waals surface area contributed by atoms with Crippen molar-refractivity contribution in [3.8, 4) is 0 Å². The van der Waals surface area contributed by atoms with Crippen LogP contribution in [0.15, 0.2) is 11.1 Å². The van der Waals surface area contributed by atoms with E-state index in [1.54, 1.807) is 0 Å². The van der Waals surface area contributed by atoms with Crippen LogP contribution in [-0.2, 0) is 11.3 Å². The van der Waals surface area contributed by atoms with Gasteiger partial charge in [0.25, 0.3) is 0 Å². The minimum absolute atomic E-state index is 0.0604. The zero-order valence-electron chi connectivity index (χ0n) is 14.5. The molecular formula is C17H22F4N4O. The Hall–Kier alpha value is -2.32. The van der Waals surface area contributed by atoms with Gasteiger partial charge in [0.1, 0.15) is 0 Å². The Balaban J connectivity index is 2.20. The number of halogens is 4. The van der Waals surface area contributed by atoms with Crippen LogP contribution >= 0.6 is 0 Å². The van der Waals surface area contributed by atoms with Gasteiger partial charge in [-0.2, -0.15) is 0 Å². The first-order valence-electron chi connectivity index (χ1n) is 8.46. The molecule has 9 heteroatoms. The first kappa shape index (κ1) is 20.0. The second kappa shape index (κ2) is 8.86. The number of hydrogen-bond acceptors (Lipinski definition) is 2. The highest BCUT2D eigenvalue weighted by atomic mass is 19.2. The van der Waals surface area contributed by atoms with Gasteiger partial charge in [-0.1, -0.05) is 0 Å². The van der Waals surface area contributed by atoms with E-state index >= 15 is 0 Å². The van der Waals surface area contributed by atoms with Gasteiger partial charge in [0, 0.05) is 32.1 Å². The van der Waals surface area contributed by atoms with E-state index in [1.807, 2.05) is 11.8 Å². The number of hydrogen-bond donors (Lipinski definition) is 2. The molecule has 0 aromatic heterocycles. The van der Waals surface area contributed by atoms with E-state index in [-0.39, 0.29) is 18.4 Å². The van der Waals surface area contributed by atoms with Crippen LogP contribution in [0, 0.1) is 29.2 Å². The normalized spacial score (nSPS) is 18.1. The van der Waals surface area contributed by atoms with Crippen molar-refractivity contribution in [3.05, 3.63) is 34.9 Å². The fraction of sp³-hybridized carbons (Fsp3) is 0.529. The third kappa shape index (κ3) is 4.86. The second-order valence-corrected chi connectivity index (χ2v) is 6.24. The van der Waals surface area contributed by atoms with Crippen LogP contribution in [0.4, 0.5) is 17.6 Å². The molecule has 1 saturated heterocycles. The number of rotatable bonds is 5. The molecule has 1 aromatic carbocycles. The Labute approximate surface area is 149 Å². The van der Waals surface area contributed by atoms with Gasteiger partial charge >= 0.3 is 0 Å². The molecule has 1 aliphatic heterocycles. The molecule has 0 saturated carbocycles. The lowest BCUT2D eigenvalue weighted by atomic mass is 9.95. The smallest absolute Gasteiger partial charge is 0.217 e. The summed E-state index contributed by atoms with van der Waals surface area (Å²) in [4.78, 5) is 17.1. The fourth-order valence-corrected chi connectivity index (χ4v) is 3.05. The van der Waals surface area contributed by atoms with Crippen LogP contribution in [0.3, 0.4) is 0 Å². The molecule has 26 heavy (non-hydrogen) atoms. The number of carbonyl (C=O) groups excluding carboxylic acids is 1. The maximum atomic E-state index is 13.8. The van der Waals surface area contributed by atoms with Gasteiger partial charge in [-0.05, 0) is 25.7 Å². The molecular weight excluding hydrogens is 352 g/mol. The fourth-order valence-electron chi connectivity index (χ4n) is 3.05. The Morgan fingerprint density at radius 2 is 1.96 bits per heavy atom. The molecule has 3 N–H and O–H groups in total. The summed E-state index contributed by atoms with van der Waals surface area (Å²) in [5.41, 5.74) is 4.48.